The zero-order chi connectivity index (χ0) is 20.0. The number of hydrogen-bond acceptors (Lipinski definition) is 5. The second kappa shape index (κ2) is 9.53. The van der Waals surface area contributed by atoms with Crippen LogP contribution >= 0.6 is 0 Å². The van der Waals surface area contributed by atoms with Crippen LogP contribution < -0.4 is 10.1 Å². The van der Waals surface area contributed by atoms with Crippen LogP contribution in [0.3, 0.4) is 0 Å². The molecular weight excluding hydrogens is 342 g/mol. The summed E-state index contributed by atoms with van der Waals surface area (Å²) in [5, 5.41) is 23.1. The number of aliphatic hydroxyl groups is 1. The molecule has 0 spiro atoms. The van der Waals surface area contributed by atoms with Gasteiger partial charge in [0.1, 0.15) is 18.1 Å². The summed E-state index contributed by atoms with van der Waals surface area (Å²) in [6.07, 6.45) is 0.183. The van der Waals surface area contributed by atoms with E-state index in [1.807, 2.05) is 26.8 Å². The first kappa shape index (κ1) is 20.9. The zero-order valence-corrected chi connectivity index (χ0v) is 16.5. The number of aliphatic hydroxyl groups excluding tert-OH is 1. The summed E-state index contributed by atoms with van der Waals surface area (Å²) in [6, 6.07) is 10.6. The van der Waals surface area contributed by atoms with Crippen molar-refractivity contribution < 1.29 is 19.7 Å². The molecule has 27 heavy (non-hydrogen) atoms. The lowest BCUT2D eigenvalue weighted by Gasteiger charge is -2.21. The van der Waals surface area contributed by atoms with Crippen LogP contribution in [0.15, 0.2) is 36.4 Å². The highest BCUT2D eigenvalue weighted by atomic mass is 16.5. The maximum atomic E-state index is 11.1. The molecule has 0 heterocycles. The minimum Gasteiger partial charge on any atom is -0.508 e. The molecule has 0 amide bonds. The first-order valence-electron chi connectivity index (χ1n) is 9.20. The van der Waals surface area contributed by atoms with Crippen molar-refractivity contribution >= 4 is 5.78 Å². The summed E-state index contributed by atoms with van der Waals surface area (Å²) in [6.45, 7) is 8.27. The van der Waals surface area contributed by atoms with Crippen molar-refractivity contribution in [2.24, 2.45) is 0 Å². The van der Waals surface area contributed by atoms with Gasteiger partial charge in [-0.25, -0.2) is 0 Å². The number of Topliss-reactive ketones (excluding diaryl/α,β-unsaturated/α-hetero) is 1. The normalized spacial score (nSPS) is 13.2. The average Bonchev–Trinajstić information content (AvgIpc) is 2.62. The average molecular weight is 371 g/mol. The van der Waals surface area contributed by atoms with E-state index >= 15 is 0 Å². The molecule has 3 N–H and O–H groups in total. The lowest BCUT2D eigenvalue weighted by atomic mass is 10.0. The van der Waals surface area contributed by atoms with E-state index in [0.29, 0.717) is 0 Å². The standard InChI is InChI=1S/C22H29NO4/c1-14-12-21(27-13-16(3)24)15(2)11-19(14)9-10-23-17(4)22(26)18-5-7-20(25)8-6-18/h5-8,11-12,17,22-23,25-26H,9-10,13H2,1-4H3/t17-,22-/m0/s1. The number of phenols is 1. The van der Waals surface area contributed by atoms with Crippen LogP contribution in [0.4, 0.5) is 0 Å². The number of benzene rings is 2. The Kier molecular flexibility index (Phi) is 7.39. The number of carbonyl (C=O) groups is 1. The Hall–Kier alpha value is -2.37. The predicted molar refractivity (Wildman–Crippen MR) is 106 cm³/mol. The molecule has 2 aromatic carbocycles. The first-order chi connectivity index (χ1) is 12.8. The molecular formula is C22H29NO4. The second-order valence-corrected chi connectivity index (χ2v) is 7.06. The Bertz CT molecular complexity index is 771. The fourth-order valence-corrected chi connectivity index (χ4v) is 2.96. The first-order valence-corrected chi connectivity index (χ1v) is 9.20. The van der Waals surface area contributed by atoms with E-state index in [1.165, 1.54) is 12.5 Å². The summed E-state index contributed by atoms with van der Waals surface area (Å²) in [5.41, 5.74) is 4.11. The molecule has 0 aliphatic rings. The molecule has 5 nitrogen and oxygen atoms in total. The van der Waals surface area contributed by atoms with Crippen LogP contribution in [0.25, 0.3) is 0 Å². The summed E-state index contributed by atoms with van der Waals surface area (Å²) < 4.78 is 5.55. The van der Waals surface area contributed by atoms with Crippen LogP contribution in [0.5, 0.6) is 11.5 Å². The van der Waals surface area contributed by atoms with Gasteiger partial charge in [-0.05, 0) is 81.1 Å². The number of rotatable bonds is 9. The molecule has 0 aliphatic carbocycles. The maximum absolute atomic E-state index is 11.1. The fraction of sp³-hybridized carbons (Fsp3) is 0.409. The topological polar surface area (TPSA) is 78.8 Å². The molecule has 0 fully saturated rings. The van der Waals surface area contributed by atoms with Crippen LogP contribution in [0.1, 0.15) is 42.2 Å². The minimum atomic E-state index is -0.643. The van der Waals surface area contributed by atoms with Gasteiger partial charge in [0.2, 0.25) is 0 Å². The molecule has 0 saturated carbocycles. The molecule has 2 aromatic rings. The van der Waals surface area contributed by atoms with Crippen LogP contribution in [0.2, 0.25) is 0 Å². The molecule has 0 radical (unpaired) electrons. The third-order valence-corrected chi connectivity index (χ3v) is 4.63. The molecule has 0 bridgehead atoms. The van der Waals surface area contributed by atoms with Crippen molar-refractivity contribution in [1.82, 2.24) is 5.32 Å². The number of nitrogens with one attached hydrogen (secondary N) is 1. The predicted octanol–water partition coefficient (Wildman–Crippen LogP) is 3.23. The molecule has 2 rings (SSSR count). The SMILES string of the molecule is CC(=O)COc1cc(C)c(CCN[C@@H](C)[C@H](O)c2ccc(O)cc2)cc1C. The highest BCUT2D eigenvalue weighted by Crippen LogP contribution is 2.24. The minimum absolute atomic E-state index is 0.00139. The number of ketones is 1. The van der Waals surface area contributed by atoms with E-state index < -0.39 is 6.10 Å². The Morgan fingerprint density at radius 3 is 2.44 bits per heavy atom. The van der Waals surface area contributed by atoms with Crippen LogP contribution in [-0.4, -0.2) is 35.2 Å². The Morgan fingerprint density at radius 1 is 1.15 bits per heavy atom. The molecule has 5 heteroatoms. The number of ether oxygens (including phenoxy) is 1. The molecule has 0 unspecified atom stereocenters. The number of carbonyl (C=O) groups excluding carboxylic acids is 1. The zero-order valence-electron chi connectivity index (χ0n) is 16.5. The van der Waals surface area contributed by atoms with Crippen molar-refractivity contribution in [1.29, 1.82) is 0 Å². The van der Waals surface area contributed by atoms with Gasteiger partial charge in [0.25, 0.3) is 0 Å². The molecule has 0 aliphatic heterocycles. The van der Waals surface area contributed by atoms with Gasteiger partial charge >= 0.3 is 0 Å². The summed E-state index contributed by atoms with van der Waals surface area (Å²) in [5.74, 6) is 0.935. The van der Waals surface area contributed by atoms with Gasteiger partial charge in [-0.2, -0.15) is 0 Å². The highest BCUT2D eigenvalue weighted by molar-refractivity contribution is 5.77. The maximum Gasteiger partial charge on any atom is 0.167 e. The van der Waals surface area contributed by atoms with E-state index in [4.69, 9.17) is 4.74 Å². The van der Waals surface area contributed by atoms with Crippen molar-refractivity contribution in [3.05, 3.63) is 58.7 Å². The third kappa shape index (κ3) is 6.08. The van der Waals surface area contributed by atoms with Gasteiger partial charge in [-0.3, -0.25) is 4.79 Å². The third-order valence-electron chi connectivity index (χ3n) is 4.63. The van der Waals surface area contributed by atoms with Gasteiger partial charge in [-0.1, -0.05) is 18.2 Å². The number of aryl methyl sites for hydroxylation is 2. The number of phenolic OH excluding ortho intramolecular Hbond substituents is 1. The number of hydrogen-bond donors (Lipinski definition) is 3. The molecule has 2 atom stereocenters. The van der Waals surface area contributed by atoms with Crippen LogP contribution in [-0.2, 0) is 11.2 Å². The van der Waals surface area contributed by atoms with Crippen molar-refractivity contribution in [2.45, 2.75) is 46.3 Å². The fourth-order valence-electron chi connectivity index (χ4n) is 2.96. The van der Waals surface area contributed by atoms with E-state index in [1.54, 1.807) is 24.3 Å². The van der Waals surface area contributed by atoms with Crippen LogP contribution in [0, 0.1) is 13.8 Å². The van der Waals surface area contributed by atoms with E-state index in [2.05, 4.69) is 11.4 Å². The quantitative estimate of drug-likeness (QED) is 0.631. The van der Waals surface area contributed by atoms with Gasteiger partial charge in [0.15, 0.2) is 5.78 Å². The van der Waals surface area contributed by atoms with E-state index in [9.17, 15) is 15.0 Å². The largest absolute Gasteiger partial charge is 0.508 e. The van der Waals surface area contributed by atoms with Crippen molar-refractivity contribution in [3.8, 4) is 11.5 Å². The summed E-state index contributed by atoms with van der Waals surface area (Å²) >= 11 is 0. The van der Waals surface area contributed by atoms with E-state index in [0.717, 1.165) is 35.4 Å². The lowest BCUT2D eigenvalue weighted by Crippen LogP contribution is -2.33. The summed E-state index contributed by atoms with van der Waals surface area (Å²) in [7, 11) is 0. The Morgan fingerprint density at radius 2 is 1.81 bits per heavy atom. The molecule has 0 saturated heterocycles. The van der Waals surface area contributed by atoms with Crippen molar-refractivity contribution in [2.75, 3.05) is 13.2 Å². The Balaban J connectivity index is 1.91. The van der Waals surface area contributed by atoms with Gasteiger partial charge in [0, 0.05) is 6.04 Å². The van der Waals surface area contributed by atoms with Gasteiger partial charge in [0.05, 0.1) is 6.10 Å². The monoisotopic (exact) mass is 371 g/mol. The Labute approximate surface area is 161 Å². The smallest absolute Gasteiger partial charge is 0.167 e. The van der Waals surface area contributed by atoms with Gasteiger partial charge < -0.3 is 20.3 Å². The summed E-state index contributed by atoms with van der Waals surface area (Å²) in [4.78, 5) is 11.1. The molecule has 146 valence electrons. The van der Waals surface area contributed by atoms with E-state index in [-0.39, 0.29) is 24.2 Å². The highest BCUT2D eigenvalue weighted by Gasteiger charge is 2.16. The second-order valence-electron chi connectivity index (χ2n) is 7.06. The van der Waals surface area contributed by atoms with Gasteiger partial charge in [-0.15, -0.1) is 0 Å². The molecule has 0 aromatic heterocycles. The van der Waals surface area contributed by atoms with Crippen molar-refractivity contribution in [3.63, 3.8) is 0 Å². The number of aromatic hydroxyl groups is 1. The lowest BCUT2D eigenvalue weighted by molar-refractivity contribution is -0.118.